The van der Waals surface area contributed by atoms with E-state index >= 15 is 0 Å². The van der Waals surface area contributed by atoms with Crippen molar-refractivity contribution in [3.8, 4) is 5.75 Å². The highest BCUT2D eigenvalue weighted by atomic mass is 32.2. The molecule has 234 valence electrons. The highest BCUT2D eigenvalue weighted by molar-refractivity contribution is 7.89. The number of benzene rings is 2. The number of carbonyl (C=O) groups is 2. The zero-order valence-electron chi connectivity index (χ0n) is 23.6. The van der Waals surface area contributed by atoms with E-state index in [1.807, 2.05) is 6.07 Å². The van der Waals surface area contributed by atoms with Gasteiger partial charge in [0.25, 0.3) is 0 Å². The molecule has 1 aromatic heterocycles. The fourth-order valence-electron chi connectivity index (χ4n) is 5.68. The van der Waals surface area contributed by atoms with Gasteiger partial charge < -0.3 is 15.1 Å². The molecule has 1 aliphatic carbocycles. The van der Waals surface area contributed by atoms with E-state index < -0.39 is 73.0 Å². The van der Waals surface area contributed by atoms with E-state index in [-0.39, 0.29) is 25.2 Å². The molecule has 9 nitrogen and oxygen atoms in total. The van der Waals surface area contributed by atoms with Gasteiger partial charge in [-0.2, -0.15) is 4.31 Å². The van der Waals surface area contributed by atoms with Crippen molar-refractivity contribution in [1.82, 2.24) is 9.29 Å². The summed E-state index contributed by atoms with van der Waals surface area (Å²) in [5.41, 5.74) is -0.0723. The molecule has 1 unspecified atom stereocenters. The first kappa shape index (κ1) is 31.4. The number of aromatic hydroxyl groups is 1. The highest BCUT2D eigenvalue weighted by Crippen LogP contribution is 2.36. The Kier molecular flexibility index (Phi) is 8.67. The van der Waals surface area contributed by atoms with Gasteiger partial charge in [-0.05, 0) is 55.9 Å². The number of phenols is 1. The summed E-state index contributed by atoms with van der Waals surface area (Å²) in [6, 6.07) is 5.36. The van der Waals surface area contributed by atoms with Crippen LogP contribution < -0.4 is 4.90 Å². The minimum atomic E-state index is -5.24. The number of nitrogens with zero attached hydrogens (tertiary/aromatic N) is 3. The fraction of sp³-hybridized carbons (Fsp3) is 0.367. The maximum absolute atomic E-state index is 14.7. The number of carbonyl (C=O) groups excluding carboxylic acids is 1. The number of carboxylic acid groups (broad SMARTS) is 1. The third-order valence-electron chi connectivity index (χ3n) is 8.30. The number of aromatic carboxylic acids is 1. The van der Waals surface area contributed by atoms with Gasteiger partial charge >= 0.3 is 5.97 Å². The molecular formula is C30H29F4N3O6S. The summed E-state index contributed by atoms with van der Waals surface area (Å²) in [6.07, 6.45) is 7.06. The molecule has 1 saturated carbocycles. The smallest absolute Gasteiger partial charge is 0.339 e. The lowest BCUT2D eigenvalue weighted by Crippen LogP contribution is -2.59. The predicted molar refractivity (Wildman–Crippen MR) is 150 cm³/mol. The second-order valence-electron chi connectivity index (χ2n) is 11.0. The van der Waals surface area contributed by atoms with Crippen LogP contribution in [-0.4, -0.2) is 52.4 Å². The van der Waals surface area contributed by atoms with E-state index in [9.17, 15) is 45.8 Å². The Morgan fingerprint density at radius 3 is 2.16 bits per heavy atom. The molecule has 1 atom stereocenters. The van der Waals surface area contributed by atoms with Crippen molar-refractivity contribution >= 4 is 27.6 Å². The van der Waals surface area contributed by atoms with Crippen molar-refractivity contribution in [3.05, 3.63) is 82.2 Å². The summed E-state index contributed by atoms with van der Waals surface area (Å²) in [6.45, 7) is 0.137. The Morgan fingerprint density at radius 1 is 0.977 bits per heavy atom. The average molecular weight is 636 g/mol. The number of pyridine rings is 1. The summed E-state index contributed by atoms with van der Waals surface area (Å²) >= 11 is 0. The molecule has 5 rings (SSSR count). The van der Waals surface area contributed by atoms with Gasteiger partial charge in [0, 0.05) is 30.1 Å². The van der Waals surface area contributed by atoms with Crippen LogP contribution in [0.15, 0.2) is 41.4 Å². The lowest BCUT2D eigenvalue weighted by Gasteiger charge is -2.41. The molecule has 0 spiro atoms. The molecule has 3 aromatic rings. The molecule has 2 aromatic carbocycles. The zero-order chi connectivity index (χ0) is 31.9. The Labute approximate surface area is 250 Å². The van der Waals surface area contributed by atoms with Crippen LogP contribution in [0.2, 0.25) is 0 Å². The molecule has 0 bridgehead atoms. The number of sulfonamides is 1. The summed E-state index contributed by atoms with van der Waals surface area (Å²) in [4.78, 5) is 29.0. The molecule has 0 radical (unpaired) electrons. The normalized spacial score (nSPS) is 17.7. The minimum Gasteiger partial charge on any atom is -0.507 e. The summed E-state index contributed by atoms with van der Waals surface area (Å²) in [5.74, 6) is -10.6. The molecule has 2 N–H and O–H groups in total. The predicted octanol–water partition coefficient (Wildman–Crippen LogP) is 5.39. The number of halogens is 4. The van der Waals surface area contributed by atoms with Crippen LogP contribution >= 0.6 is 0 Å². The third-order valence-corrected chi connectivity index (χ3v) is 10.2. The van der Waals surface area contributed by atoms with Crippen LogP contribution in [0.3, 0.4) is 0 Å². The van der Waals surface area contributed by atoms with Gasteiger partial charge in [0.2, 0.25) is 15.9 Å². The van der Waals surface area contributed by atoms with E-state index in [0.717, 1.165) is 55.2 Å². The second-order valence-corrected chi connectivity index (χ2v) is 12.8. The van der Waals surface area contributed by atoms with E-state index in [0.29, 0.717) is 15.9 Å². The Balaban J connectivity index is 1.49. The maximum Gasteiger partial charge on any atom is 0.339 e. The SMILES string of the molecule is Cc1c(F)c(F)c(S(=O)(=O)N2CCC2C(=O)N(Cc2ccc(C3CCCCC3)cn2)c2ccc(C(=O)O)c(O)c2)c(F)c1F. The van der Waals surface area contributed by atoms with Gasteiger partial charge in [-0.25, -0.2) is 30.8 Å². The van der Waals surface area contributed by atoms with Crippen molar-refractivity contribution < 1.29 is 45.8 Å². The number of carboxylic acids is 1. The molecule has 1 aliphatic heterocycles. The Hall–Kier alpha value is -4.04. The number of amides is 1. The molecule has 2 fully saturated rings. The largest absolute Gasteiger partial charge is 0.507 e. The highest BCUT2D eigenvalue weighted by Gasteiger charge is 2.47. The standard InChI is InChI=1S/C30H29F4N3O6S/c1-16-24(31)26(33)28(27(34)25(16)32)44(42,43)37-12-11-22(37)29(39)36(20-9-10-21(30(40)41)23(38)13-20)15-19-8-7-18(14-35-19)17-5-3-2-4-6-17/h7-10,13-14,17,22,38H,2-6,11-12,15H2,1H3,(H,40,41). The van der Waals surface area contributed by atoms with Crippen LogP contribution in [0.5, 0.6) is 5.75 Å². The first-order valence-electron chi connectivity index (χ1n) is 14.0. The quantitative estimate of drug-likeness (QED) is 0.251. The van der Waals surface area contributed by atoms with Crippen LogP contribution in [0.25, 0.3) is 0 Å². The van der Waals surface area contributed by atoms with E-state index in [1.54, 1.807) is 12.3 Å². The molecule has 2 heterocycles. The van der Waals surface area contributed by atoms with Gasteiger partial charge in [0.15, 0.2) is 28.2 Å². The molecule has 1 saturated heterocycles. The maximum atomic E-state index is 14.7. The summed E-state index contributed by atoms with van der Waals surface area (Å²) in [7, 11) is -5.24. The van der Waals surface area contributed by atoms with Crippen molar-refractivity contribution in [3.63, 3.8) is 0 Å². The zero-order valence-corrected chi connectivity index (χ0v) is 24.4. The topological polar surface area (TPSA) is 128 Å². The molecule has 14 heteroatoms. The monoisotopic (exact) mass is 635 g/mol. The Morgan fingerprint density at radius 2 is 1.64 bits per heavy atom. The number of rotatable bonds is 8. The first-order valence-corrected chi connectivity index (χ1v) is 15.4. The Bertz CT molecular complexity index is 1700. The van der Waals surface area contributed by atoms with E-state index in [4.69, 9.17) is 0 Å². The number of hydrogen-bond donors (Lipinski definition) is 2. The van der Waals surface area contributed by atoms with Crippen molar-refractivity contribution in [2.24, 2.45) is 0 Å². The van der Waals surface area contributed by atoms with Gasteiger partial charge in [0.1, 0.15) is 17.4 Å². The van der Waals surface area contributed by atoms with Crippen LogP contribution in [0, 0.1) is 30.2 Å². The van der Waals surface area contributed by atoms with Crippen molar-refractivity contribution in [2.75, 3.05) is 11.4 Å². The van der Waals surface area contributed by atoms with Crippen LogP contribution in [-0.2, 0) is 21.4 Å². The molecular weight excluding hydrogens is 606 g/mol. The van der Waals surface area contributed by atoms with E-state index in [1.165, 1.54) is 12.5 Å². The van der Waals surface area contributed by atoms with E-state index in [2.05, 4.69) is 4.98 Å². The lowest BCUT2D eigenvalue weighted by molar-refractivity contribution is -0.125. The van der Waals surface area contributed by atoms with Gasteiger partial charge in [-0.15, -0.1) is 0 Å². The average Bonchev–Trinajstić information content (AvgIpc) is 2.97. The first-order chi connectivity index (χ1) is 20.8. The molecule has 1 amide bonds. The second kappa shape index (κ2) is 12.2. The van der Waals surface area contributed by atoms with Gasteiger partial charge in [0.05, 0.1) is 12.2 Å². The fourth-order valence-corrected chi connectivity index (χ4v) is 7.42. The van der Waals surface area contributed by atoms with Gasteiger partial charge in [-0.3, -0.25) is 9.78 Å². The summed E-state index contributed by atoms with van der Waals surface area (Å²) in [5, 5.41) is 19.6. The van der Waals surface area contributed by atoms with Crippen LogP contribution in [0.1, 0.15) is 71.6 Å². The molecule has 44 heavy (non-hydrogen) atoms. The summed E-state index contributed by atoms with van der Waals surface area (Å²) < 4.78 is 85.0. The van der Waals surface area contributed by atoms with Crippen molar-refractivity contribution in [1.29, 1.82) is 0 Å². The lowest BCUT2D eigenvalue weighted by atomic mass is 9.85. The van der Waals surface area contributed by atoms with Crippen molar-refractivity contribution in [2.45, 2.75) is 68.8 Å². The molecule has 2 aliphatic rings. The third kappa shape index (κ3) is 5.63. The number of anilines is 1. The van der Waals surface area contributed by atoms with Gasteiger partial charge in [-0.1, -0.05) is 25.3 Å². The number of hydrogen-bond acceptors (Lipinski definition) is 6. The van der Waals surface area contributed by atoms with Crippen LogP contribution in [0.4, 0.5) is 23.2 Å². The number of aromatic nitrogens is 1. The minimum absolute atomic E-state index is 0.00955.